The maximum absolute atomic E-state index is 12.0. The first kappa shape index (κ1) is 25.1. The van der Waals surface area contributed by atoms with Gasteiger partial charge in [0, 0.05) is 60.5 Å². The monoisotopic (exact) mass is 564 g/mol. The summed E-state index contributed by atoms with van der Waals surface area (Å²) < 4.78 is 48.0. The van der Waals surface area contributed by atoms with Gasteiger partial charge >= 0.3 is 10.4 Å². The number of piperazine rings is 1. The van der Waals surface area contributed by atoms with Crippen molar-refractivity contribution in [1.82, 2.24) is 25.1 Å². The highest BCUT2D eigenvalue weighted by Crippen LogP contribution is 2.32. The van der Waals surface area contributed by atoms with Gasteiger partial charge in [0.25, 0.3) is 0 Å². The van der Waals surface area contributed by atoms with Crippen molar-refractivity contribution in [3.63, 3.8) is 0 Å². The second-order valence-electron chi connectivity index (χ2n) is 8.95. The molecule has 15 heteroatoms. The van der Waals surface area contributed by atoms with Crippen molar-refractivity contribution >= 4 is 51.2 Å². The Hall–Kier alpha value is -3.24. The minimum atomic E-state index is -4.67. The molecule has 2 aromatic heterocycles. The highest BCUT2D eigenvalue weighted by atomic mass is 32.3. The van der Waals surface area contributed by atoms with Gasteiger partial charge in [-0.3, -0.25) is 19.0 Å². The Balaban J connectivity index is 0.000000681. The van der Waals surface area contributed by atoms with Crippen LogP contribution in [-0.4, -0.2) is 81.7 Å². The van der Waals surface area contributed by atoms with Gasteiger partial charge in [0.1, 0.15) is 11.6 Å². The summed E-state index contributed by atoms with van der Waals surface area (Å²) in [5, 5.41) is 9.71. The minimum absolute atomic E-state index is 0.0825. The molecule has 13 nitrogen and oxygen atoms in total. The lowest BCUT2D eigenvalue weighted by atomic mass is 10.3. The van der Waals surface area contributed by atoms with Crippen LogP contribution in [0.1, 0.15) is 18.5 Å². The van der Waals surface area contributed by atoms with Crippen molar-refractivity contribution in [2.45, 2.75) is 29.8 Å². The molecule has 2 aliphatic rings. The number of hydrogen-bond acceptors (Lipinski definition) is 10. The van der Waals surface area contributed by atoms with Crippen LogP contribution in [-0.2, 0) is 15.2 Å². The summed E-state index contributed by atoms with van der Waals surface area (Å²) in [5.41, 5.74) is 1.41. The van der Waals surface area contributed by atoms with Crippen LogP contribution < -0.4 is 15.5 Å². The Bertz CT molecular complexity index is 1420. The number of carbonyl (C=O) groups excluding carboxylic acids is 1. The Morgan fingerprint density at radius 2 is 1.79 bits per heavy atom. The van der Waals surface area contributed by atoms with Crippen molar-refractivity contribution in [3.05, 3.63) is 42.1 Å². The van der Waals surface area contributed by atoms with Crippen LogP contribution in [0.15, 0.2) is 46.5 Å². The van der Waals surface area contributed by atoms with Gasteiger partial charge in [-0.1, -0.05) is 0 Å². The number of nitrogens with one attached hydrogen (secondary N) is 3. The summed E-state index contributed by atoms with van der Waals surface area (Å²) in [6.45, 7) is 5.31. The highest BCUT2D eigenvalue weighted by Gasteiger charge is 2.29. The zero-order chi connectivity index (χ0) is 29.0. The number of carbonyl (C=O) groups is 1. The Morgan fingerprint density at radius 1 is 1.13 bits per heavy atom. The van der Waals surface area contributed by atoms with Gasteiger partial charge in [-0.2, -0.15) is 13.5 Å². The summed E-state index contributed by atoms with van der Waals surface area (Å²) in [4.78, 5) is 26.8. The van der Waals surface area contributed by atoms with Crippen molar-refractivity contribution in [2.75, 3.05) is 48.8 Å². The molecule has 204 valence electrons. The topological polar surface area (TPSA) is 177 Å². The van der Waals surface area contributed by atoms with Crippen molar-refractivity contribution in [2.24, 2.45) is 5.92 Å². The molecule has 0 atom stereocenters. The second kappa shape index (κ2) is 12.1. The molecule has 0 spiro atoms. The molecule has 3 heterocycles. The van der Waals surface area contributed by atoms with E-state index in [9.17, 15) is 4.79 Å². The molecule has 1 aliphatic heterocycles. The molecule has 5 rings (SSSR count). The van der Waals surface area contributed by atoms with Crippen LogP contribution >= 0.6 is 11.8 Å². The first-order valence-electron chi connectivity index (χ1n) is 12.7. The number of aromatic nitrogens is 4. The van der Waals surface area contributed by atoms with Crippen LogP contribution in [0.4, 0.5) is 23.1 Å². The first-order chi connectivity index (χ1) is 18.9. The van der Waals surface area contributed by atoms with Gasteiger partial charge in [-0.25, -0.2) is 9.97 Å². The molecule has 5 N–H and O–H groups in total. The molecule has 3 aromatic rings. The molecule has 0 radical (unpaired) electrons. The number of aromatic amines is 1. The number of amides is 1. The van der Waals surface area contributed by atoms with Gasteiger partial charge in [0.05, 0.1) is 0 Å². The average Bonchev–Trinajstić information content (AvgIpc) is 3.69. The quantitative estimate of drug-likeness (QED) is 0.210. The van der Waals surface area contributed by atoms with E-state index in [0.29, 0.717) is 22.5 Å². The smallest absolute Gasteiger partial charge is 0.354 e. The van der Waals surface area contributed by atoms with Crippen LogP contribution in [0, 0.1) is 12.8 Å². The van der Waals surface area contributed by atoms with E-state index in [1.54, 1.807) is 19.1 Å². The van der Waals surface area contributed by atoms with E-state index in [4.69, 9.17) is 25.3 Å². The van der Waals surface area contributed by atoms with E-state index in [2.05, 4.69) is 32.2 Å². The van der Waals surface area contributed by atoms with E-state index in [-0.39, 0.29) is 11.8 Å². The van der Waals surface area contributed by atoms with E-state index < -0.39 is 10.4 Å². The van der Waals surface area contributed by atoms with Gasteiger partial charge in [0.2, 0.25) is 5.91 Å². The predicted octanol–water partition coefficient (Wildman–Crippen LogP) is 2.85. The molecule has 38 heavy (non-hydrogen) atoms. The molecule has 1 aliphatic carbocycles. The first-order valence-corrected chi connectivity index (χ1v) is 14.0. The van der Waals surface area contributed by atoms with Crippen LogP contribution in [0.25, 0.3) is 0 Å². The van der Waals surface area contributed by atoms with Gasteiger partial charge in [-0.15, -0.1) is 0 Å². The maximum atomic E-state index is 12.0. The molecule has 2 fully saturated rings. The Labute approximate surface area is 227 Å². The molecule has 1 aromatic carbocycles. The number of likely N-dealkylation sites (N-methyl/N-ethyl adjacent to an activating group) is 1. The second-order valence-corrected chi connectivity index (χ2v) is 10.9. The molecule has 0 bridgehead atoms. The van der Waals surface area contributed by atoms with Gasteiger partial charge in [0.15, 0.2) is 13.8 Å². The fourth-order valence-corrected chi connectivity index (χ4v) is 4.31. The number of rotatable bonds is 7. The normalized spacial score (nSPS) is 16.7. The van der Waals surface area contributed by atoms with E-state index in [0.717, 1.165) is 65.8 Å². The number of nitrogens with zero attached hydrogens (tertiary/aromatic N) is 5. The minimum Gasteiger partial charge on any atom is -0.354 e. The maximum Gasteiger partial charge on any atom is 0.394 e. The van der Waals surface area contributed by atoms with E-state index in [1.165, 1.54) is 11.8 Å². The molecule has 0 unspecified atom stereocenters. The summed E-state index contributed by atoms with van der Waals surface area (Å²) in [6.07, 6.45) is 1.94. The standard InChI is InChI=1S/C23H28N8OS.H2O4S/c1-15-13-20(29-28-15)25-19-14-21(31-11-9-30(2)10-12-31)27-23(26-19)33-18-7-5-17(6-8-18)24-22(32)16-3-4-16;1-5(2,3)4/h5-8,13-14,16H,3-4,9-12H2,1-2H3,(H,24,32)(H2,25,26,27,28,29);(H2,1,2,3,4)/i/hD2. The zero-order valence-electron chi connectivity index (χ0n) is 22.9. The summed E-state index contributed by atoms with van der Waals surface area (Å²) in [5.74, 6) is 1.72. The van der Waals surface area contributed by atoms with Crippen LogP contribution in [0.3, 0.4) is 0 Å². The zero-order valence-corrected chi connectivity index (χ0v) is 22.5. The number of hydrogen-bond donors (Lipinski definition) is 5. The fraction of sp³-hybridized carbons (Fsp3) is 0.391. The summed E-state index contributed by atoms with van der Waals surface area (Å²) >= 11 is 1.40. The highest BCUT2D eigenvalue weighted by molar-refractivity contribution is 7.99. The van der Waals surface area contributed by atoms with Crippen molar-refractivity contribution in [3.8, 4) is 0 Å². The molecular weight excluding hydrogens is 532 g/mol. The third-order valence-corrected chi connectivity index (χ3v) is 6.54. The lowest BCUT2D eigenvalue weighted by Gasteiger charge is -2.33. The molecule has 1 saturated carbocycles. The van der Waals surface area contributed by atoms with Crippen LogP contribution in [0.5, 0.6) is 0 Å². The lowest BCUT2D eigenvalue weighted by molar-refractivity contribution is -0.117. The van der Waals surface area contributed by atoms with Crippen molar-refractivity contribution < 1.29 is 25.1 Å². The fourth-order valence-electron chi connectivity index (χ4n) is 3.55. The molecular formula is C23H30N8O5S2. The van der Waals surface area contributed by atoms with E-state index in [1.807, 2.05) is 24.3 Å². The number of H-pyrrole nitrogens is 1. The van der Waals surface area contributed by atoms with Gasteiger partial charge in [-0.05, 0) is 62.8 Å². The SMILES string of the molecule is O=S(=O)(O)O.[2H]N(c1cc(N2CCN(C)CC2)nc(Sc2ccc(NC(=O)C3CC3)cc2)n1)c1cc(C)n([2H])n1. The Kier molecular flexibility index (Phi) is 7.97. The third kappa shape index (κ3) is 8.95. The molecule has 1 amide bonds. The number of aryl methyl sites for hydroxylation is 1. The Morgan fingerprint density at radius 3 is 2.37 bits per heavy atom. The number of anilines is 4. The lowest BCUT2D eigenvalue weighted by Crippen LogP contribution is -2.44. The average molecular weight is 565 g/mol. The van der Waals surface area contributed by atoms with Gasteiger partial charge < -0.3 is 20.4 Å². The third-order valence-electron chi connectivity index (χ3n) is 5.66. The van der Waals surface area contributed by atoms with Crippen molar-refractivity contribution in [1.29, 1.82) is 0 Å². The van der Waals surface area contributed by atoms with Crippen LogP contribution in [0.2, 0.25) is 2.82 Å². The predicted molar refractivity (Wildman–Crippen MR) is 144 cm³/mol. The largest absolute Gasteiger partial charge is 0.394 e. The van der Waals surface area contributed by atoms with E-state index >= 15 is 0 Å². The summed E-state index contributed by atoms with van der Waals surface area (Å²) in [7, 11) is -2.56. The number of benzene rings is 1. The molecule has 1 saturated heterocycles. The summed E-state index contributed by atoms with van der Waals surface area (Å²) in [6, 6.07) is 11.1.